The summed E-state index contributed by atoms with van der Waals surface area (Å²) in [6, 6.07) is 9.50. The standard InChI is InChI=1S/C17H22O3S/c1-12-9-10-15(13(2)17(18)20-3)16(12)11-21(19)14-7-5-4-6-8-14/h4-8,13,15H,9-11H2,1-3H3/t13-,15+,21?/m1/s1. The SMILES string of the molecule is COC(=O)[C@H](C)[C@@H]1CCC(C)=C1CS(=O)c1ccccc1. The van der Waals surface area contributed by atoms with Crippen LogP contribution in [-0.2, 0) is 20.3 Å². The topological polar surface area (TPSA) is 43.4 Å². The third-order valence-corrected chi connectivity index (χ3v) is 5.67. The molecular formula is C17H22O3S. The van der Waals surface area contributed by atoms with Crippen LogP contribution < -0.4 is 0 Å². The van der Waals surface area contributed by atoms with Crippen molar-refractivity contribution in [3.8, 4) is 0 Å². The van der Waals surface area contributed by atoms with Gasteiger partial charge in [0.2, 0.25) is 0 Å². The highest BCUT2D eigenvalue weighted by Gasteiger charge is 2.33. The van der Waals surface area contributed by atoms with Crippen molar-refractivity contribution in [3.63, 3.8) is 0 Å². The summed E-state index contributed by atoms with van der Waals surface area (Å²) < 4.78 is 17.4. The van der Waals surface area contributed by atoms with Gasteiger partial charge in [-0.15, -0.1) is 0 Å². The van der Waals surface area contributed by atoms with E-state index in [1.807, 2.05) is 37.3 Å². The van der Waals surface area contributed by atoms with Crippen molar-refractivity contribution in [2.45, 2.75) is 31.6 Å². The molecule has 3 atom stereocenters. The number of carbonyl (C=O) groups is 1. The molecule has 0 heterocycles. The van der Waals surface area contributed by atoms with E-state index in [2.05, 4.69) is 6.92 Å². The third-order valence-electron chi connectivity index (χ3n) is 4.30. The van der Waals surface area contributed by atoms with Crippen molar-refractivity contribution in [1.29, 1.82) is 0 Å². The first-order valence-corrected chi connectivity index (χ1v) is 8.56. The van der Waals surface area contributed by atoms with Crippen LogP contribution in [0, 0.1) is 11.8 Å². The Morgan fingerprint density at radius 3 is 2.67 bits per heavy atom. The Hall–Kier alpha value is -1.42. The summed E-state index contributed by atoms with van der Waals surface area (Å²) in [4.78, 5) is 12.6. The summed E-state index contributed by atoms with van der Waals surface area (Å²) >= 11 is 0. The normalized spacial score (nSPS) is 21.2. The predicted molar refractivity (Wildman–Crippen MR) is 84.3 cm³/mol. The van der Waals surface area contributed by atoms with Crippen LogP contribution in [0.3, 0.4) is 0 Å². The number of allylic oxidation sites excluding steroid dienone is 1. The summed E-state index contributed by atoms with van der Waals surface area (Å²) in [5, 5.41) is 0. The highest BCUT2D eigenvalue weighted by atomic mass is 32.2. The summed E-state index contributed by atoms with van der Waals surface area (Å²) in [7, 11) is 0.366. The van der Waals surface area contributed by atoms with Gasteiger partial charge in [-0.3, -0.25) is 9.00 Å². The maximum absolute atomic E-state index is 12.5. The number of carbonyl (C=O) groups excluding carboxylic acids is 1. The second-order valence-corrected chi connectivity index (χ2v) is 7.02. The Balaban J connectivity index is 2.15. The van der Waals surface area contributed by atoms with E-state index in [1.54, 1.807) is 0 Å². The number of rotatable bonds is 5. The Bertz CT molecular complexity index is 563. The van der Waals surface area contributed by atoms with Crippen molar-refractivity contribution >= 4 is 16.8 Å². The Labute approximate surface area is 128 Å². The summed E-state index contributed by atoms with van der Waals surface area (Å²) in [6.07, 6.45) is 1.93. The zero-order valence-electron chi connectivity index (χ0n) is 12.8. The summed E-state index contributed by atoms with van der Waals surface area (Å²) in [6.45, 7) is 3.99. The largest absolute Gasteiger partial charge is 0.469 e. The van der Waals surface area contributed by atoms with E-state index in [0.717, 1.165) is 17.7 Å². The number of hydrogen-bond donors (Lipinski definition) is 0. The molecule has 3 nitrogen and oxygen atoms in total. The van der Waals surface area contributed by atoms with Gasteiger partial charge in [0.25, 0.3) is 0 Å². The Morgan fingerprint density at radius 1 is 1.38 bits per heavy atom. The molecule has 21 heavy (non-hydrogen) atoms. The average Bonchev–Trinajstić information content (AvgIpc) is 2.87. The lowest BCUT2D eigenvalue weighted by Gasteiger charge is -2.20. The molecule has 4 heteroatoms. The zero-order chi connectivity index (χ0) is 15.4. The van der Waals surface area contributed by atoms with Gasteiger partial charge in [0.05, 0.1) is 23.8 Å². The predicted octanol–water partition coefficient (Wildman–Crippen LogP) is 3.33. The van der Waals surface area contributed by atoms with Gasteiger partial charge in [0.1, 0.15) is 0 Å². The van der Waals surface area contributed by atoms with Crippen molar-refractivity contribution in [3.05, 3.63) is 41.5 Å². The molecule has 2 rings (SSSR count). The summed E-state index contributed by atoms with van der Waals surface area (Å²) in [5.41, 5.74) is 2.45. The minimum absolute atomic E-state index is 0.158. The van der Waals surface area contributed by atoms with E-state index >= 15 is 0 Å². The van der Waals surface area contributed by atoms with Crippen LogP contribution in [0.5, 0.6) is 0 Å². The van der Waals surface area contributed by atoms with Crippen LogP contribution in [0.15, 0.2) is 46.4 Å². The van der Waals surface area contributed by atoms with Gasteiger partial charge in [0.15, 0.2) is 0 Å². The highest BCUT2D eigenvalue weighted by molar-refractivity contribution is 7.85. The first-order valence-electron chi connectivity index (χ1n) is 7.24. The smallest absolute Gasteiger partial charge is 0.308 e. The molecule has 0 radical (unpaired) electrons. The van der Waals surface area contributed by atoms with Gasteiger partial charge < -0.3 is 4.74 Å². The third kappa shape index (κ3) is 3.62. The molecule has 0 amide bonds. The van der Waals surface area contributed by atoms with Crippen molar-refractivity contribution in [2.24, 2.45) is 11.8 Å². The molecule has 1 aliphatic rings. The number of esters is 1. The van der Waals surface area contributed by atoms with E-state index < -0.39 is 10.8 Å². The lowest BCUT2D eigenvalue weighted by Crippen LogP contribution is -2.24. The van der Waals surface area contributed by atoms with Crippen LogP contribution in [0.4, 0.5) is 0 Å². The lowest BCUT2D eigenvalue weighted by atomic mass is 9.88. The molecule has 0 spiro atoms. The number of ether oxygens (including phenoxy) is 1. The van der Waals surface area contributed by atoms with Crippen molar-refractivity contribution in [1.82, 2.24) is 0 Å². The molecule has 1 aromatic rings. The molecule has 114 valence electrons. The monoisotopic (exact) mass is 306 g/mol. The molecular weight excluding hydrogens is 284 g/mol. The van der Waals surface area contributed by atoms with Gasteiger partial charge in [-0.05, 0) is 37.8 Å². The molecule has 1 aromatic carbocycles. The summed E-state index contributed by atoms with van der Waals surface area (Å²) in [5.74, 6) is 0.319. The fraction of sp³-hybridized carbons (Fsp3) is 0.471. The molecule has 0 aromatic heterocycles. The van der Waals surface area contributed by atoms with Gasteiger partial charge in [0, 0.05) is 10.6 Å². The Morgan fingerprint density at radius 2 is 2.05 bits per heavy atom. The molecule has 1 aliphatic carbocycles. The maximum atomic E-state index is 12.5. The van der Waals surface area contributed by atoms with Crippen molar-refractivity contribution in [2.75, 3.05) is 12.9 Å². The van der Waals surface area contributed by atoms with Gasteiger partial charge >= 0.3 is 5.97 Å². The first kappa shape index (κ1) is 16.0. The maximum Gasteiger partial charge on any atom is 0.308 e. The number of hydrogen-bond acceptors (Lipinski definition) is 3. The molecule has 0 N–H and O–H groups in total. The van der Waals surface area contributed by atoms with E-state index in [-0.39, 0.29) is 17.8 Å². The van der Waals surface area contributed by atoms with E-state index in [1.165, 1.54) is 18.3 Å². The van der Waals surface area contributed by atoms with E-state index in [4.69, 9.17) is 4.74 Å². The van der Waals surface area contributed by atoms with E-state index in [0.29, 0.717) is 5.75 Å². The molecule has 0 bridgehead atoms. The van der Waals surface area contributed by atoms with Crippen molar-refractivity contribution < 1.29 is 13.7 Å². The second kappa shape index (κ2) is 7.03. The van der Waals surface area contributed by atoms with E-state index in [9.17, 15) is 9.00 Å². The molecule has 1 unspecified atom stereocenters. The van der Waals surface area contributed by atoms with Gasteiger partial charge in [-0.25, -0.2) is 0 Å². The minimum Gasteiger partial charge on any atom is -0.469 e. The fourth-order valence-electron chi connectivity index (χ4n) is 2.95. The second-order valence-electron chi connectivity index (χ2n) is 5.57. The Kier molecular flexibility index (Phi) is 5.34. The van der Waals surface area contributed by atoms with Crippen LogP contribution in [0.25, 0.3) is 0 Å². The molecule has 0 aliphatic heterocycles. The van der Waals surface area contributed by atoms with Crippen LogP contribution in [0.2, 0.25) is 0 Å². The van der Waals surface area contributed by atoms with Gasteiger partial charge in [-0.1, -0.05) is 36.3 Å². The highest BCUT2D eigenvalue weighted by Crippen LogP contribution is 2.38. The molecule has 0 fully saturated rings. The zero-order valence-corrected chi connectivity index (χ0v) is 13.6. The molecule has 0 saturated heterocycles. The molecule has 0 saturated carbocycles. The van der Waals surface area contributed by atoms with Crippen LogP contribution in [0.1, 0.15) is 26.7 Å². The number of benzene rings is 1. The average molecular weight is 306 g/mol. The van der Waals surface area contributed by atoms with Crippen LogP contribution >= 0.6 is 0 Å². The quantitative estimate of drug-likeness (QED) is 0.619. The fourth-order valence-corrected chi connectivity index (χ4v) is 4.32. The van der Waals surface area contributed by atoms with Gasteiger partial charge in [-0.2, -0.15) is 0 Å². The number of methoxy groups -OCH3 is 1. The minimum atomic E-state index is -1.06. The lowest BCUT2D eigenvalue weighted by molar-refractivity contribution is -0.146. The van der Waals surface area contributed by atoms with Crippen LogP contribution in [-0.4, -0.2) is 23.0 Å². The first-order chi connectivity index (χ1) is 10.0.